The molecule has 11 heteroatoms. The summed E-state index contributed by atoms with van der Waals surface area (Å²) in [7, 11) is 0. The average molecular weight is 435 g/mol. The van der Waals surface area contributed by atoms with Crippen LogP contribution < -0.4 is 0 Å². The van der Waals surface area contributed by atoms with Crippen molar-refractivity contribution in [2.45, 2.75) is 58.3 Å². The van der Waals surface area contributed by atoms with Crippen LogP contribution in [0.5, 0.6) is 0 Å². The average Bonchev–Trinajstić information content (AvgIpc) is 2.18. The van der Waals surface area contributed by atoms with Gasteiger partial charge in [0.05, 0.1) is 0 Å². The Morgan fingerprint density at radius 1 is 0.714 bits per heavy atom. The second kappa shape index (κ2) is 19.7. The third kappa shape index (κ3) is 111. The molecule has 0 rings (SSSR count). The van der Waals surface area contributed by atoms with Crippen LogP contribution in [0.2, 0.25) is 0 Å². The van der Waals surface area contributed by atoms with Crippen molar-refractivity contribution >= 4 is 37.1 Å². The predicted octanol–water partition coefficient (Wildman–Crippen LogP) is 2.33. The van der Waals surface area contributed by atoms with Crippen molar-refractivity contribution in [2.75, 3.05) is 0 Å². The van der Waals surface area contributed by atoms with E-state index in [4.69, 9.17) is 29.4 Å². The molecule has 0 aromatic carbocycles. The van der Waals surface area contributed by atoms with Crippen molar-refractivity contribution in [3.63, 3.8) is 0 Å². The maximum atomic E-state index is 7.56. The summed E-state index contributed by atoms with van der Waals surface area (Å²) >= 11 is 7.21. The van der Waals surface area contributed by atoms with E-state index in [1.165, 1.54) is 44.9 Å². The Labute approximate surface area is 150 Å². The normalized spacial score (nSPS) is 10.5. The third-order valence-electron chi connectivity index (χ3n) is 1.85. The molecule has 21 heavy (non-hydrogen) atoms. The van der Waals surface area contributed by atoms with Gasteiger partial charge in [0, 0.05) is 19.5 Å². The number of unbranched alkanes of at least 4 members (excludes halogenated alkanes) is 7. The van der Waals surface area contributed by atoms with Crippen LogP contribution in [0, 0.1) is 6.92 Å². The minimum Gasteiger partial charge on any atom is -0.343 e. The molecule has 0 atom stereocenters. The van der Waals surface area contributed by atoms with Gasteiger partial charge < -0.3 is 36.3 Å². The van der Waals surface area contributed by atoms with Crippen LogP contribution in [-0.4, -0.2) is 29.4 Å². The van der Waals surface area contributed by atoms with Gasteiger partial charge in [-0.25, -0.2) is 0 Å². The summed E-state index contributed by atoms with van der Waals surface area (Å²) in [6, 6.07) is 0. The molecule has 6 N–H and O–H groups in total. The largest absolute Gasteiger partial charge is 0.343 e. The Morgan fingerprint density at radius 2 is 0.952 bits per heavy atom. The van der Waals surface area contributed by atoms with Crippen LogP contribution in [0.15, 0.2) is 0 Å². The fourth-order valence-corrected chi connectivity index (χ4v) is 1.13. The molecule has 0 radical (unpaired) electrons. The molecule has 0 aliphatic carbocycles. The van der Waals surface area contributed by atoms with Crippen LogP contribution in [0.1, 0.15) is 58.3 Å². The molecule has 0 spiro atoms. The zero-order chi connectivity index (χ0) is 16.7. The predicted molar refractivity (Wildman–Crippen MR) is 89.8 cm³/mol. The fourth-order valence-electron chi connectivity index (χ4n) is 1.13. The van der Waals surface area contributed by atoms with E-state index in [9.17, 15) is 0 Å². The fraction of sp³-hybridized carbons (Fsp3) is 0.900. The molecule has 128 valence electrons. The molecule has 0 aromatic heterocycles. The first kappa shape index (κ1) is 30.6. The molecule has 0 amide bonds. The minimum absolute atomic E-state index is 0. The van der Waals surface area contributed by atoms with E-state index in [0.29, 0.717) is 0 Å². The van der Waals surface area contributed by atoms with E-state index in [2.05, 4.69) is 37.5 Å². The molecular weight excluding hydrogens is 408 g/mol. The maximum Gasteiger partial charge on any atom is 0.319 e. The number of hydrogen-bond donors (Lipinski definition) is 6. The smallest absolute Gasteiger partial charge is 0.319 e. The maximum absolute atomic E-state index is 7.56. The molecule has 0 aromatic rings. The van der Waals surface area contributed by atoms with E-state index >= 15 is 0 Å². The monoisotopic (exact) mass is 433 g/mol. The molecule has 0 aliphatic rings. The second-order valence-electron chi connectivity index (χ2n) is 4.00. The van der Waals surface area contributed by atoms with Gasteiger partial charge >= 0.3 is 13.4 Å². The molecule has 0 aliphatic heterocycles. The van der Waals surface area contributed by atoms with E-state index in [-0.39, 0.29) is 19.5 Å². The van der Waals surface area contributed by atoms with Crippen LogP contribution >= 0.6 is 13.4 Å². The third-order valence-corrected chi connectivity index (χ3v) is 1.85. The Morgan fingerprint density at radius 3 is 1.19 bits per heavy atom. The Kier molecular flexibility index (Phi) is 28.7. The van der Waals surface area contributed by atoms with Crippen molar-refractivity contribution in [3.8, 4) is 0 Å². The molecular formula is C10H27O6P2S2Zn-. The van der Waals surface area contributed by atoms with Crippen LogP contribution in [0.3, 0.4) is 0 Å². The SMILES string of the molecule is OP(O)(O)=S.OP(O)(O)=S.[CH2-]CCCCCCCCC.[Zn]. The van der Waals surface area contributed by atoms with Crippen molar-refractivity contribution in [1.82, 2.24) is 0 Å². The summed E-state index contributed by atoms with van der Waals surface area (Å²) in [6.07, 6.45) is 10.9. The van der Waals surface area contributed by atoms with Crippen molar-refractivity contribution in [3.05, 3.63) is 6.92 Å². The summed E-state index contributed by atoms with van der Waals surface area (Å²) in [4.78, 5) is 45.3. The second-order valence-corrected chi connectivity index (χ2v) is 8.99. The van der Waals surface area contributed by atoms with Crippen LogP contribution in [0.25, 0.3) is 0 Å². The van der Waals surface area contributed by atoms with Crippen LogP contribution in [-0.2, 0) is 43.1 Å². The van der Waals surface area contributed by atoms with E-state index in [1.54, 1.807) is 0 Å². The van der Waals surface area contributed by atoms with Gasteiger partial charge in [-0.3, -0.25) is 0 Å². The topological polar surface area (TPSA) is 121 Å². The van der Waals surface area contributed by atoms with Crippen LogP contribution in [0.4, 0.5) is 0 Å². The Hall–Kier alpha value is 1.68. The summed E-state index contributed by atoms with van der Waals surface area (Å²) in [6.45, 7) is -1.53. The Balaban J connectivity index is -0.000000112. The summed E-state index contributed by atoms with van der Waals surface area (Å²) < 4.78 is 0. The molecule has 0 unspecified atom stereocenters. The van der Waals surface area contributed by atoms with E-state index in [1.807, 2.05) is 0 Å². The first-order chi connectivity index (χ1) is 8.91. The van der Waals surface area contributed by atoms with Gasteiger partial charge in [0.15, 0.2) is 0 Å². The summed E-state index contributed by atoms with van der Waals surface area (Å²) in [5, 5.41) is 0. The first-order valence-electron chi connectivity index (χ1n) is 6.27. The molecule has 0 bridgehead atoms. The van der Waals surface area contributed by atoms with E-state index in [0.717, 1.165) is 6.42 Å². The van der Waals surface area contributed by atoms with Gasteiger partial charge in [-0.1, -0.05) is 51.9 Å². The van der Waals surface area contributed by atoms with Gasteiger partial charge in [-0.2, -0.15) is 6.42 Å². The van der Waals surface area contributed by atoms with E-state index < -0.39 is 13.4 Å². The van der Waals surface area contributed by atoms with Crippen molar-refractivity contribution in [2.24, 2.45) is 0 Å². The molecule has 0 heterocycles. The number of hydrogen-bond acceptors (Lipinski definition) is 2. The zero-order valence-electron chi connectivity index (χ0n) is 12.5. The molecule has 0 saturated heterocycles. The standard InChI is InChI=1S/C10H21.2H3O3PS.Zn/c1-3-5-7-9-10-8-6-4-2;2*1-4(2,3)5;/h1,3-10H2,2H3;2*(H3,1,2,3,5);/q-1;;;. The molecule has 0 saturated carbocycles. The summed E-state index contributed by atoms with van der Waals surface area (Å²) in [5.41, 5.74) is 0. The zero-order valence-corrected chi connectivity index (χ0v) is 18.9. The number of rotatable bonds is 7. The van der Waals surface area contributed by atoms with Gasteiger partial charge in [-0.05, 0) is 23.6 Å². The van der Waals surface area contributed by atoms with Gasteiger partial charge in [0.1, 0.15) is 0 Å². The van der Waals surface area contributed by atoms with Gasteiger partial charge in [0.2, 0.25) is 0 Å². The molecule has 0 fully saturated rings. The Bertz CT molecular complexity index is 240. The van der Waals surface area contributed by atoms with Crippen molar-refractivity contribution < 1.29 is 48.8 Å². The summed E-state index contributed by atoms with van der Waals surface area (Å²) in [5.74, 6) is 0. The first-order valence-corrected chi connectivity index (χ1v) is 11.6. The van der Waals surface area contributed by atoms with Gasteiger partial charge in [0.25, 0.3) is 0 Å². The minimum atomic E-state index is -3.81. The molecule has 6 nitrogen and oxygen atoms in total. The quantitative estimate of drug-likeness (QED) is 0.156. The van der Waals surface area contributed by atoms with Crippen molar-refractivity contribution in [1.29, 1.82) is 0 Å². The van der Waals surface area contributed by atoms with Gasteiger partial charge in [-0.15, -0.1) is 0 Å².